The molecular formula is C22H17F2N3O3. The first-order valence-electron chi connectivity index (χ1n) is 9.23. The number of aliphatic hydroxyl groups is 1. The molecule has 0 aliphatic carbocycles. The van der Waals surface area contributed by atoms with Gasteiger partial charge in [0.05, 0.1) is 17.9 Å². The Kier molecular flexibility index (Phi) is 5.14. The fraction of sp³-hybridized carbons (Fsp3) is 0.136. The molecule has 2 N–H and O–H groups in total. The van der Waals surface area contributed by atoms with Crippen LogP contribution in [0.3, 0.4) is 0 Å². The maximum Gasteiger partial charge on any atom is 0.295 e. The summed E-state index contributed by atoms with van der Waals surface area (Å²) in [6, 6.07) is 9.45. The molecule has 0 saturated carbocycles. The maximum absolute atomic E-state index is 13.9. The molecule has 0 bridgehead atoms. The fourth-order valence-electron chi connectivity index (χ4n) is 3.56. The van der Waals surface area contributed by atoms with Crippen molar-refractivity contribution >= 4 is 17.4 Å². The number of aromatic amines is 1. The molecule has 1 aliphatic rings. The molecule has 4 rings (SSSR count). The van der Waals surface area contributed by atoms with Crippen LogP contribution in [0.4, 0.5) is 8.78 Å². The first-order chi connectivity index (χ1) is 14.5. The predicted molar refractivity (Wildman–Crippen MR) is 104 cm³/mol. The van der Waals surface area contributed by atoms with Crippen molar-refractivity contribution in [3.05, 3.63) is 95.1 Å². The highest BCUT2D eigenvalue weighted by Gasteiger charge is 2.45. The van der Waals surface area contributed by atoms with Crippen molar-refractivity contribution in [3.8, 4) is 0 Å². The summed E-state index contributed by atoms with van der Waals surface area (Å²) in [5, 5.41) is 10.8. The number of ketones is 1. The van der Waals surface area contributed by atoms with Crippen molar-refractivity contribution in [3.63, 3.8) is 0 Å². The number of rotatable bonds is 5. The van der Waals surface area contributed by atoms with Crippen LogP contribution in [0, 0.1) is 11.6 Å². The lowest BCUT2D eigenvalue weighted by atomic mass is 9.95. The number of imidazole rings is 1. The van der Waals surface area contributed by atoms with Crippen LogP contribution in [0.25, 0.3) is 5.76 Å². The highest BCUT2D eigenvalue weighted by atomic mass is 19.1. The molecule has 1 aliphatic heterocycles. The van der Waals surface area contributed by atoms with Crippen LogP contribution in [-0.4, -0.2) is 38.2 Å². The summed E-state index contributed by atoms with van der Waals surface area (Å²) in [4.78, 5) is 33.8. The highest BCUT2D eigenvalue weighted by molar-refractivity contribution is 6.46. The van der Waals surface area contributed by atoms with Gasteiger partial charge in [-0.05, 0) is 42.0 Å². The molecule has 2 aromatic carbocycles. The van der Waals surface area contributed by atoms with Crippen molar-refractivity contribution in [1.82, 2.24) is 14.9 Å². The molecule has 2 heterocycles. The minimum absolute atomic E-state index is 0.147. The molecule has 1 saturated heterocycles. The van der Waals surface area contributed by atoms with Crippen LogP contribution in [-0.2, 0) is 16.0 Å². The third-order valence-electron chi connectivity index (χ3n) is 5.00. The Labute approximate surface area is 170 Å². The molecule has 6 nitrogen and oxygen atoms in total. The molecule has 1 amide bonds. The van der Waals surface area contributed by atoms with E-state index in [4.69, 9.17) is 0 Å². The van der Waals surface area contributed by atoms with Gasteiger partial charge in [0.2, 0.25) is 0 Å². The zero-order chi connectivity index (χ0) is 21.3. The molecule has 1 aromatic heterocycles. The van der Waals surface area contributed by atoms with E-state index in [0.29, 0.717) is 12.0 Å². The van der Waals surface area contributed by atoms with Gasteiger partial charge in [-0.25, -0.2) is 13.8 Å². The topological polar surface area (TPSA) is 86.3 Å². The number of carbonyl (C=O) groups excluding carboxylic acids is 2. The first-order valence-corrected chi connectivity index (χ1v) is 9.23. The Morgan fingerprint density at radius 2 is 1.87 bits per heavy atom. The van der Waals surface area contributed by atoms with Gasteiger partial charge in [-0.2, -0.15) is 0 Å². The van der Waals surface area contributed by atoms with Gasteiger partial charge < -0.3 is 15.0 Å². The Morgan fingerprint density at radius 1 is 1.10 bits per heavy atom. The van der Waals surface area contributed by atoms with E-state index < -0.39 is 35.1 Å². The summed E-state index contributed by atoms with van der Waals surface area (Å²) in [6.07, 6.45) is 3.49. The number of Topliss-reactive ketones (excluding diaryl/α,β-unsaturated/α-hetero) is 1. The Bertz CT molecular complexity index is 1120. The quantitative estimate of drug-likeness (QED) is 0.384. The highest BCUT2D eigenvalue weighted by Crippen LogP contribution is 2.39. The molecule has 0 radical (unpaired) electrons. The normalized spacial score (nSPS) is 18.2. The van der Waals surface area contributed by atoms with Gasteiger partial charge in [-0.1, -0.05) is 12.1 Å². The number of likely N-dealkylation sites (tertiary alicyclic amines) is 1. The smallest absolute Gasteiger partial charge is 0.295 e. The SMILES string of the molecule is O=C1C(=O)N(CCc2cnc[nH]2)C(c2cccc(F)c2)/C1=C(/O)c1ccc(F)cc1. The maximum atomic E-state index is 13.9. The van der Waals surface area contributed by atoms with Gasteiger partial charge in [-0.3, -0.25) is 9.59 Å². The van der Waals surface area contributed by atoms with Crippen molar-refractivity contribution in [2.75, 3.05) is 6.54 Å². The molecule has 1 atom stereocenters. The number of aromatic nitrogens is 2. The molecule has 1 unspecified atom stereocenters. The molecule has 0 spiro atoms. The van der Waals surface area contributed by atoms with Gasteiger partial charge in [0.15, 0.2) is 0 Å². The minimum atomic E-state index is -0.978. The van der Waals surface area contributed by atoms with Crippen LogP contribution in [0.2, 0.25) is 0 Å². The second kappa shape index (κ2) is 7.90. The number of benzene rings is 2. The first kappa shape index (κ1) is 19.5. The summed E-state index contributed by atoms with van der Waals surface area (Å²) in [5.41, 5.74) is 1.13. The van der Waals surface area contributed by atoms with E-state index in [-0.39, 0.29) is 17.7 Å². The second-order valence-corrected chi connectivity index (χ2v) is 6.88. The third kappa shape index (κ3) is 3.59. The second-order valence-electron chi connectivity index (χ2n) is 6.88. The van der Waals surface area contributed by atoms with Crippen LogP contribution in [0.5, 0.6) is 0 Å². The number of amides is 1. The monoisotopic (exact) mass is 409 g/mol. The van der Waals surface area contributed by atoms with E-state index in [0.717, 1.165) is 17.8 Å². The van der Waals surface area contributed by atoms with E-state index in [1.165, 1.54) is 41.6 Å². The van der Waals surface area contributed by atoms with Gasteiger partial charge in [0.1, 0.15) is 17.4 Å². The van der Waals surface area contributed by atoms with Crippen LogP contribution in [0.1, 0.15) is 22.9 Å². The number of H-pyrrole nitrogens is 1. The molecule has 30 heavy (non-hydrogen) atoms. The zero-order valence-electron chi connectivity index (χ0n) is 15.7. The summed E-state index contributed by atoms with van der Waals surface area (Å²) in [7, 11) is 0. The third-order valence-corrected chi connectivity index (χ3v) is 5.00. The summed E-state index contributed by atoms with van der Waals surface area (Å²) < 4.78 is 27.2. The van der Waals surface area contributed by atoms with E-state index in [1.807, 2.05) is 0 Å². The Balaban J connectivity index is 1.80. The summed E-state index contributed by atoms with van der Waals surface area (Å²) in [6.45, 7) is 0.147. The standard InChI is InChI=1S/C22H17F2N3O3/c23-15-6-4-13(5-7-15)20(28)18-19(14-2-1-3-16(24)10-14)27(22(30)21(18)29)9-8-17-11-25-12-26-17/h1-7,10-12,19,28H,8-9H2,(H,25,26)/b20-18-. The van der Waals surface area contributed by atoms with Crippen molar-refractivity contribution in [2.45, 2.75) is 12.5 Å². The predicted octanol–water partition coefficient (Wildman–Crippen LogP) is 3.35. The van der Waals surface area contributed by atoms with Crippen molar-refractivity contribution in [1.29, 1.82) is 0 Å². The number of hydrogen-bond acceptors (Lipinski definition) is 4. The lowest BCUT2D eigenvalue weighted by Gasteiger charge is -2.25. The van der Waals surface area contributed by atoms with Gasteiger partial charge >= 0.3 is 0 Å². The fourth-order valence-corrected chi connectivity index (χ4v) is 3.56. The van der Waals surface area contributed by atoms with Crippen LogP contribution >= 0.6 is 0 Å². The number of hydrogen-bond donors (Lipinski definition) is 2. The number of nitrogens with one attached hydrogen (secondary N) is 1. The van der Waals surface area contributed by atoms with E-state index in [9.17, 15) is 23.5 Å². The van der Waals surface area contributed by atoms with E-state index >= 15 is 0 Å². The minimum Gasteiger partial charge on any atom is -0.507 e. The number of nitrogens with zero attached hydrogens (tertiary/aromatic N) is 2. The Morgan fingerprint density at radius 3 is 2.53 bits per heavy atom. The lowest BCUT2D eigenvalue weighted by molar-refractivity contribution is -0.139. The van der Waals surface area contributed by atoms with Crippen molar-refractivity contribution < 1.29 is 23.5 Å². The van der Waals surface area contributed by atoms with Crippen LogP contribution < -0.4 is 0 Å². The van der Waals surface area contributed by atoms with Gasteiger partial charge in [0, 0.05) is 30.4 Å². The molecule has 8 heteroatoms. The van der Waals surface area contributed by atoms with E-state index in [1.54, 1.807) is 12.3 Å². The molecule has 3 aromatic rings. The average molecular weight is 409 g/mol. The zero-order valence-corrected chi connectivity index (χ0v) is 15.7. The average Bonchev–Trinajstić information content (AvgIpc) is 3.34. The van der Waals surface area contributed by atoms with Gasteiger partial charge in [-0.15, -0.1) is 0 Å². The number of aliphatic hydroxyl groups excluding tert-OH is 1. The molecular weight excluding hydrogens is 392 g/mol. The van der Waals surface area contributed by atoms with Gasteiger partial charge in [0.25, 0.3) is 11.7 Å². The van der Waals surface area contributed by atoms with E-state index in [2.05, 4.69) is 9.97 Å². The molecule has 1 fully saturated rings. The Hall–Kier alpha value is -3.81. The van der Waals surface area contributed by atoms with Crippen molar-refractivity contribution in [2.24, 2.45) is 0 Å². The summed E-state index contributed by atoms with van der Waals surface area (Å²) in [5.74, 6) is -3.16. The lowest BCUT2D eigenvalue weighted by Crippen LogP contribution is -2.31. The summed E-state index contributed by atoms with van der Waals surface area (Å²) >= 11 is 0. The number of carbonyl (C=O) groups is 2. The number of halogens is 2. The largest absolute Gasteiger partial charge is 0.507 e. The van der Waals surface area contributed by atoms with Crippen LogP contribution in [0.15, 0.2) is 66.6 Å². The molecule has 152 valence electrons.